The Bertz CT molecular complexity index is 415. The number of benzene rings is 1. The van der Waals surface area contributed by atoms with Gasteiger partial charge in [0.2, 0.25) is 5.91 Å². The highest BCUT2D eigenvalue weighted by Gasteiger charge is 2.16. The molecule has 0 aromatic heterocycles. The van der Waals surface area contributed by atoms with Crippen LogP contribution in [-0.4, -0.2) is 11.9 Å². The monoisotopic (exact) mass is 248 g/mol. The molecule has 3 nitrogen and oxygen atoms in total. The molecule has 1 aromatic carbocycles. The van der Waals surface area contributed by atoms with Gasteiger partial charge in [0.1, 0.15) is 0 Å². The van der Waals surface area contributed by atoms with E-state index in [0.717, 1.165) is 18.4 Å². The molecule has 100 valence electrons. The molecule has 0 saturated carbocycles. The SMILES string of the molecule is CCC[C@H](N)C(=O)NC(C)c1cc(C)ccc1C. The molecule has 0 aliphatic heterocycles. The van der Waals surface area contributed by atoms with Crippen LogP contribution in [-0.2, 0) is 4.79 Å². The van der Waals surface area contributed by atoms with E-state index in [1.165, 1.54) is 11.1 Å². The van der Waals surface area contributed by atoms with Crippen molar-refractivity contribution < 1.29 is 4.79 Å². The molecule has 0 aliphatic carbocycles. The van der Waals surface area contributed by atoms with Crippen molar-refractivity contribution >= 4 is 5.91 Å². The maximum absolute atomic E-state index is 11.9. The Hall–Kier alpha value is -1.35. The van der Waals surface area contributed by atoms with Crippen LogP contribution in [0.2, 0.25) is 0 Å². The molecule has 18 heavy (non-hydrogen) atoms. The summed E-state index contributed by atoms with van der Waals surface area (Å²) in [5.41, 5.74) is 9.36. The summed E-state index contributed by atoms with van der Waals surface area (Å²) in [5, 5.41) is 2.98. The summed E-state index contributed by atoms with van der Waals surface area (Å²) in [4.78, 5) is 11.9. The van der Waals surface area contributed by atoms with Crippen molar-refractivity contribution in [3.8, 4) is 0 Å². The molecule has 3 N–H and O–H groups in total. The number of nitrogens with one attached hydrogen (secondary N) is 1. The number of carbonyl (C=O) groups is 1. The lowest BCUT2D eigenvalue weighted by molar-refractivity contribution is -0.123. The lowest BCUT2D eigenvalue weighted by atomic mass is 9.99. The van der Waals surface area contributed by atoms with Gasteiger partial charge in [-0.1, -0.05) is 37.1 Å². The highest BCUT2D eigenvalue weighted by Crippen LogP contribution is 2.18. The molecule has 1 unspecified atom stereocenters. The third kappa shape index (κ3) is 3.84. The normalized spacial score (nSPS) is 14.1. The maximum atomic E-state index is 11.9. The first-order valence-corrected chi connectivity index (χ1v) is 6.58. The number of aryl methyl sites for hydroxylation is 2. The molecule has 0 heterocycles. The molecule has 0 saturated heterocycles. The van der Waals surface area contributed by atoms with E-state index in [2.05, 4.69) is 37.4 Å². The standard InChI is InChI=1S/C15H24N2O/c1-5-6-14(16)15(18)17-12(4)13-9-10(2)7-8-11(13)3/h7-9,12,14H,5-6,16H2,1-4H3,(H,17,18)/t12?,14-/m0/s1. The van der Waals surface area contributed by atoms with Gasteiger partial charge in [-0.05, 0) is 38.3 Å². The summed E-state index contributed by atoms with van der Waals surface area (Å²) in [6, 6.07) is 5.88. The van der Waals surface area contributed by atoms with Gasteiger partial charge >= 0.3 is 0 Å². The van der Waals surface area contributed by atoms with Gasteiger partial charge < -0.3 is 11.1 Å². The fraction of sp³-hybridized carbons (Fsp3) is 0.533. The van der Waals surface area contributed by atoms with Crippen LogP contribution in [0, 0.1) is 13.8 Å². The third-order valence-corrected chi connectivity index (χ3v) is 3.20. The van der Waals surface area contributed by atoms with E-state index in [9.17, 15) is 4.79 Å². The summed E-state index contributed by atoms with van der Waals surface area (Å²) in [5.74, 6) is -0.0646. The van der Waals surface area contributed by atoms with Crippen molar-refractivity contribution in [2.75, 3.05) is 0 Å². The molecule has 0 aliphatic rings. The first-order valence-electron chi connectivity index (χ1n) is 6.58. The summed E-state index contributed by atoms with van der Waals surface area (Å²) in [7, 11) is 0. The van der Waals surface area contributed by atoms with E-state index in [1.54, 1.807) is 0 Å². The van der Waals surface area contributed by atoms with Crippen molar-refractivity contribution in [2.24, 2.45) is 5.73 Å². The fourth-order valence-electron chi connectivity index (χ4n) is 2.07. The van der Waals surface area contributed by atoms with Crippen LogP contribution in [0.25, 0.3) is 0 Å². The van der Waals surface area contributed by atoms with Gasteiger partial charge in [-0.25, -0.2) is 0 Å². The molecule has 2 atom stereocenters. The summed E-state index contributed by atoms with van der Waals surface area (Å²) in [6.07, 6.45) is 1.65. The Labute approximate surface area is 110 Å². The number of rotatable bonds is 5. The highest BCUT2D eigenvalue weighted by molar-refractivity contribution is 5.81. The van der Waals surface area contributed by atoms with E-state index in [0.29, 0.717) is 0 Å². The highest BCUT2D eigenvalue weighted by atomic mass is 16.2. The number of carbonyl (C=O) groups excluding carboxylic acids is 1. The zero-order chi connectivity index (χ0) is 13.7. The van der Waals surface area contributed by atoms with Crippen LogP contribution in [0.15, 0.2) is 18.2 Å². The minimum atomic E-state index is -0.400. The predicted molar refractivity (Wildman–Crippen MR) is 75.4 cm³/mol. The number of hydrogen-bond donors (Lipinski definition) is 2. The lowest BCUT2D eigenvalue weighted by Gasteiger charge is -2.19. The molecule has 1 rings (SSSR count). The van der Waals surface area contributed by atoms with E-state index >= 15 is 0 Å². The zero-order valence-electron chi connectivity index (χ0n) is 11.8. The Balaban J connectivity index is 2.73. The Kier molecular flexibility index (Phi) is 5.35. The van der Waals surface area contributed by atoms with Crippen LogP contribution in [0.3, 0.4) is 0 Å². The van der Waals surface area contributed by atoms with Gasteiger partial charge in [0, 0.05) is 0 Å². The van der Waals surface area contributed by atoms with E-state index in [4.69, 9.17) is 5.73 Å². The van der Waals surface area contributed by atoms with E-state index in [1.807, 2.05) is 13.8 Å². The van der Waals surface area contributed by atoms with Gasteiger partial charge in [0.15, 0.2) is 0 Å². The van der Waals surface area contributed by atoms with Crippen molar-refractivity contribution in [2.45, 2.75) is 52.6 Å². The lowest BCUT2D eigenvalue weighted by Crippen LogP contribution is -2.41. The van der Waals surface area contributed by atoms with E-state index < -0.39 is 6.04 Å². The third-order valence-electron chi connectivity index (χ3n) is 3.20. The van der Waals surface area contributed by atoms with Crippen LogP contribution in [0.4, 0.5) is 0 Å². The van der Waals surface area contributed by atoms with Crippen molar-refractivity contribution in [1.82, 2.24) is 5.32 Å². The second-order valence-corrected chi connectivity index (χ2v) is 4.99. The minimum absolute atomic E-state index is 0.000283. The molecule has 1 aromatic rings. The van der Waals surface area contributed by atoms with E-state index in [-0.39, 0.29) is 11.9 Å². The molecular weight excluding hydrogens is 224 g/mol. The van der Waals surface area contributed by atoms with Crippen molar-refractivity contribution in [3.05, 3.63) is 34.9 Å². The summed E-state index contributed by atoms with van der Waals surface area (Å²) >= 11 is 0. The Morgan fingerprint density at radius 1 is 1.39 bits per heavy atom. The number of hydrogen-bond acceptors (Lipinski definition) is 2. The van der Waals surface area contributed by atoms with Crippen molar-refractivity contribution in [3.63, 3.8) is 0 Å². The zero-order valence-corrected chi connectivity index (χ0v) is 11.8. The number of nitrogens with two attached hydrogens (primary N) is 1. The predicted octanol–water partition coefficient (Wildman–Crippen LogP) is 2.61. The summed E-state index contributed by atoms with van der Waals surface area (Å²) < 4.78 is 0. The van der Waals surface area contributed by atoms with Gasteiger partial charge in [-0.2, -0.15) is 0 Å². The van der Waals surface area contributed by atoms with Crippen LogP contribution < -0.4 is 11.1 Å². The molecule has 0 bridgehead atoms. The fourth-order valence-corrected chi connectivity index (χ4v) is 2.07. The molecule has 0 spiro atoms. The first-order chi connectivity index (χ1) is 8.45. The average Bonchev–Trinajstić information content (AvgIpc) is 2.32. The second kappa shape index (κ2) is 6.55. The molecule has 0 radical (unpaired) electrons. The van der Waals surface area contributed by atoms with Gasteiger partial charge in [-0.3, -0.25) is 4.79 Å². The van der Waals surface area contributed by atoms with Gasteiger partial charge in [-0.15, -0.1) is 0 Å². The van der Waals surface area contributed by atoms with Crippen LogP contribution in [0.5, 0.6) is 0 Å². The number of amides is 1. The summed E-state index contributed by atoms with van der Waals surface area (Å²) in [6.45, 7) is 8.14. The topological polar surface area (TPSA) is 55.1 Å². The quantitative estimate of drug-likeness (QED) is 0.841. The second-order valence-electron chi connectivity index (χ2n) is 4.99. The Morgan fingerprint density at radius 2 is 2.06 bits per heavy atom. The molecular formula is C15H24N2O. The van der Waals surface area contributed by atoms with Crippen LogP contribution >= 0.6 is 0 Å². The van der Waals surface area contributed by atoms with Gasteiger partial charge in [0.05, 0.1) is 12.1 Å². The minimum Gasteiger partial charge on any atom is -0.348 e. The average molecular weight is 248 g/mol. The molecule has 3 heteroatoms. The van der Waals surface area contributed by atoms with Crippen LogP contribution in [0.1, 0.15) is 49.4 Å². The van der Waals surface area contributed by atoms with Gasteiger partial charge in [0.25, 0.3) is 0 Å². The Morgan fingerprint density at radius 3 is 2.67 bits per heavy atom. The smallest absolute Gasteiger partial charge is 0.237 e. The largest absolute Gasteiger partial charge is 0.348 e. The molecule has 1 amide bonds. The molecule has 0 fully saturated rings. The maximum Gasteiger partial charge on any atom is 0.237 e. The first kappa shape index (κ1) is 14.7. The van der Waals surface area contributed by atoms with Crippen molar-refractivity contribution in [1.29, 1.82) is 0 Å².